The topological polar surface area (TPSA) is 53.1 Å². The number of nitrogens with zero attached hydrogens (tertiary/aromatic N) is 2. The minimum atomic E-state index is 0.476. The van der Waals surface area contributed by atoms with Crippen LogP contribution in [0.5, 0.6) is 5.75 Å². The molecular weight excluding hydrogens is 226 g/mol. The molecule has 1 aromatic heterocycles. The van der Waals surface area contributed by atoms with Gasteiger partial charge in [-0.1, -0.05) is 13.8 Å². The van der Waals surface area contributed by atoms with Gasteiger partial charge in [-0.25, -0.2) is 4.98 Å². The summed E-state index contributed by atoms with van der Waals surface area (Å²) in [7, 11) is 0. The molecule has 1 heterocycles. The lowest BCUT2D eigenvalue weighted by Gasteiger charge is -2.11. The lowest BCUT2D eigenvalue weighted by molar-refractivity contribution is 0.296. The van der Waals surface area contributed by atoms with Crippen LogP contribution in [0.25, 0.3) is 0 Å². The highest BCUT2D eigenvalue weighted by Gasteiger charge is 2.05. The Kier molecular flexibility index (Phi) is 3.87. The first-order valence-electron chi connectivity index (χ1n) is 6.15. The van der Waals surface area contributed by atoms with Crippen molar-refractivity contribution in [1.29, 1.82) is 0 Å². The standard InChI is InChI=1S/C14H19N3O/c1-11(2)14-9-16-10-17(14)7-8-18-13-5-3-12(15)4-6-13/h3-6,9-11H,7-8,15H2,1-2H3. The Balaban J connectivity index is 1.88. The summed E-state index contributed by atoms with van der Waals surface area (Å²) in [6.07, 6.45) is 3.76. The third kappa shape index (κ3) is 3.03. The number of hydrogen-bond donors (Lipinski definition) is 1. The molecule has 0 aliphatic carbocycles. The van der Waals surface area contributed by atoms with Gasteiger partial charge in [0, 0.05) is 17.6 Å². The van der Waals surface area contributed by atoms with Crippen LogP contribution in [0.1, 0.15) is 25.5 Å². The number of hydrogen-bond acceptors (Lipinski definition) is 3. The van der Waals surface area contributed by atoms with E-state index in [2.05, 4.69) is 23.4 Å². The van der Waals surface area contributed by atoms with Crippen molar-refractivity contribution in [3.8, 4) is 5.75 Å². The summed E-state index contributed by atoms with van der Waals surface area (Å²) >= 11 is 0. The zero-order valence-electron chi connectivity index (χ0n) is 10.8. The van der Waals surface area contributed by atoms with Crippen molar-refractivity contribution in [3.05, 3.63) is 42.5 Å². The molecule has 96 valence electrons. The highest BCUT2D eigenvalue weighted by molar-refractivity contribution is 5.41. The lowest BCUT2D eigenvalue weighted by Crippen LogP contribution is -2.10. The molecule has 18 heavy (non-hydrogen) atoms. The summed E-state index contributed by atoms with van der Waals surface area (Å²) in [6, 6.07) is 7.44. The minimum absolute atomic E-state index is 0.476. The Labute approximate surface area is 107 Å². The van der Waals surface area contributed by atoms with Crippen LogP contribution in [-0.2, 0) is 6.54 Å². The zero-order chi connectivity index (χ0) is 13.0. The van der Waals surface area contributed by atoms with Crippen molar-refractivity contribution in [2.75, 3.05) is 12.3 Å². The largest absolute Gasteiger partial charge is 0.492 e. The molecule has 4 heteroatoms. The number of nitrogen functional groups attached to an aromatic ring is 1. The molecule has 2 rings (SSSR count). The van der Waals surface area contributed by atoms with Crippen LogP contribution in [0.15, 0.2) is 36.8 Å². The molecule has 1 aromatic carbocycles. The van der Waals surface area contributed by atoms with Gasteiger partial charge in [0.05, 0.1) is 12.9 Å². The molecule has 0 aliphatic rings. The maximum Gasteiger partial charge on any atom is 0.119 e. The molecular formula is C14H19N3O. The molecule has 0 saturated carbocycles. The second-order valence-corrected chi connectivity index (χ2v) is 4.58. The van der Waals surface area contributed by atoms with Gasteiger partial charge in [0.15, 0.2) is 0 Å². The summed E-state index contributed by atoms with van der Waals surface area (Å²) in [5.74, 6) is 1.32. The first kappa shape index (κ1) is 12.5. The van der Waals surface area contributed by atoms with Gasteiger partial charge in [0.1, 0.15) is 12.4 Å². The second-order valence-electron chi connectivity index (χ2n) is 4.58. The Bertz CT molecular complexity index is 488. The van der Waals surface area contributed by atoms with Crippen LogP contribution in [-0.4, -0.2) is 16.2 Å². The Hall–Kier alpha value is -1.97. The molecule has 0 spiro atoms. The number of anilines is 1. The van der Waals surface area contributed by atoms with Crippen LogP contribution in [0.4, 0.5) is 5.69 Å². The van der Waals surface area contributed by atoms with Gasteiger partial charge in [-0.2, -0.15) is 0 Å². The van der Waals surface area contributed by atoms with Gasteiger partial charge in [0.2, 0.25) is 0 Å². The van der Waals surface area contributed by atoms with Gasteiger partial charge in [-0.05, 0) is 30.2 Å². The summed E-state index contributed by atoms with van der Waals surface area (Å²) < 4.78 is 7.79. The maximum atomic E-state index is 5.66. The van der Waals surface area contributed by atoms with E-state index >= 15 is 0 Å². The van der Waals surface area contributed by atoms with Gasteiger partial charge < -0.3 is 15.0 Å². The molecule has 2 N–H and O–H groups in total. The Morgan fingerprint density at radius 3 is 2.67 bits per heavy atom. The highest BCUT2D eigenvalue weighted by Crippen LogP contribution is 2.15. The zero-order valence-corrected chi connectivity index (χ0v) is 10.8. The summed E-state index contributed by atoms with van der Waals surface area (Å²) in [6.45, 7) is 5.75. The normalized spacial score (nSPS) is 10.8. The number of imidazole rings is 1. The van der Waals surface area contributed by atoms with Crippen molar-refractivity contribution in [1.82, 2.24) is 9.55 Å². The van der Waals surface area contributed by atoms with Crippen LogP contribution in [0.3, 0.4) is 0 Å². The van der Waals surface area contributed by atoms with E-state index < -0.39 is 0 Å². The molecule has 0 unspecified atom stereocenters. The van der Waals surface area contributed by atoms with Crippen molar-refractivity contribution in [3.63, 3.8) is 0 Å². The van der Waals surface area contributed by atoms with Crippen molar-refractivity contribution >= 4 is 5.69 Å². The SMILES string of the molecule is CC(C)c1cncn1CCOc1ccc(N)cc1. The third-order valence-corrected chi connectivity index (χ3v) is 2.82. The number of rotatable bonds is 5. The Morgan fingerprint density at radius 2 is 2.00 bits per heavy atom. The summed E-state index contributed by atoms with van der Waals surface area (Å²) in [5, 5.41) is 0. The van der Waals surface area contributed by atoms with Crippen LogP contribution >= 0.6 is 0 Å². The summed E-state index contributed by atoms with van der Waals surface area (Å²) in [5.41, 5.74) is 7.60. The lowest BCUT2D eigenvalue weighted by atomic mass is 10.1. The van der Waals surface area contributed by atoms with E-state index in [9.17, 15) is 0 Å². The van der Waals surface area contributed by atoms with Crippen molar-refractivity contribution in [2.24, 2.45) is 0 Å². The van der Waals surface area contributed by atoms with Crippen LogP contribution < -0.4 is 10.5 Å². The maximum absolute atomic E-state index is 5.66. The van der Waals surface area contributed by atoms with E-state index in [-0.39, 0.29) is 0 Å². The van der Waals surface area contributed by atoms with E-state index in [0.29, 0.717) is 12.5 Å². The van der Waals surface area contributed by atoms with Crippen LogP contribution in [0.2, 0.25) is 0 Å². The molecule has 2 aromatic rings. The highest BCUT2D eigenvalue weighted by atomic mass is 16.5. The molecule has 0 fully saturated rings. The van der Waals surface area contributed by atoms with E-state index in [4.69, 9.17) is 10.5 Å². The quantitative estimate of drug-likeness (QED) is 0.824. The molecule has 0 amide bonds. The van der Waals surface area contributed by atoms with Crippen molar-refractivity contribution < 1.29 is 4.74 Å². The number of benzene rings is 1. The average molecular weight is 245 g/mol. The fraction of sp³-hybridized carbons (Fsp3) is 0.357. The number of nitrogens with two attached hydrogens (primary N) is 1. The van der Waals surface area contributed by atoms with Crippen molar-refractivity contribution in [2.45, 2.75) is 26.3 Å². The molecule has 4 nitrogen and oxygen atoms in total. The van der Waals surface area contributed by atoms with E-state index in [1.54, 1.807) is 0 Å². The predicted octanol–water partition coefficient (Wildman–Crippen LogP) is 2.67. The third-order valence-electron chi connectivity index (χ3n) is 2.82. The molecule has 0 saturated heterocycles. The smallest absolute Gasteiger partial charge is 0.119 e. The number of aromatic nitrogens is 2. The fourth-order valence-electron chi connectivity index (χ4n) is 1.82. The molecule has 0 atom stereocenters. The van der Waals surface area contributed by atoms with E-state index in [1.165, 1.54) is 5.69 Å². The molecule has 0 bridgehead atoms. The monoisotopic (exact) mass is 245 g/mol. The molecule has 0 radical (unpaired) electrons. The Morgan fingerprint density at radius 1 is 1.28 bits per heavy atom. The van der Waals surface area contributed by atoms with Gasteiger partial charge >= 0.3 is 0 Å². The van der Waals surface area contributed by atoms with Gasteiger partial charge in [-0.15, -0.1) is 0 Å². The summed E-state index contributed by atoms with van der Waals surface area (Å²) in [4.78, 5) is 4.17. The first-order valence-corrected chi connectivity index (χ1v) is 6.15. The minimum Gasteiger partial charge on any atom is -0.492 e. The second kappa shape index (κ2) is 5.58. The van der Waals surface area contributed by atoms with Gasteiger partial charge in [-0.3, -0.25) is 0 Å². The van der Waals surface area contributed by atoms with Gasteiger partial charge in [0.25, 0.3) is 0 Å². The molecule has 0 aliphatic heterocycles. The predicted molar refractivity (Wildman–Crippen MR) is 72.7 cm³/mol. The fourth-order valence-corrected chi connectivity index (χ4v) is 1.82. The first-order chi connectivity index (χ1) is 8.66. The average Bonchev–Trinajstić information content (AvgIpc) is 2.80. The number of ether oxygens (including phenoxy) is 1. The van der Waals surface area contributed by atoms with Crippen LogP contribution in [0, 0.1) is 0 Å². The van der Waals surface area contributed by atoms with E-state index in [1.807, 2.05) is 36.8 Å². The van der Waals surface area contributed by atoms with E-state index in [0.717, 1.165) is 18.0 Å².